The Morgan fingerprint density at radius 3 is 2.80 bits per heavy atom. The molecule has 1 aliphatic rings. The third-order valence-corrected chi connectivity index (χ3v) is 4.31. The van der Waals surface area contributed by atoms with Crippen LogP contribution in [0.4, 0.5) is 0 Å². The van der Waals surface area contributed by atoms with Crippen LogP contribution in [0.25, 0.3) is 0 Å². The minimum absolute atomic E-state index is 0.328. The van der Waals surface area contributed by atoms with Crippen LogP contribution in [-0.4, -0.2) is 28.9 Å². The molecule has 2 unspecified atom stereocenters. The third-order valence-electron chi connectivity index (χ3n) is 4.31. The molecule has 0 saturated heterocycles. The van der Waals surface area contributed by atoms with Crippen molar-refractivity contribution >= 4 is 12.4 Å². The molecule has 1 aromatic carbocycles. The van der Waals surface area contributed by atoms with Gasteiger partial charge in [-0.05, 0) is 36.3 Å². The van der Waals surface area contributed by atoms with Crippen LogP contribution in [0.1, 0.15) is 50.2 Å². The van der Waals surface area contributed by atoms with Gasteiger partial charge >= 0.3 is 5.97 Å². The zero-order chi connectivity index (χ0) is 14.8. The second-order valence-corrected chi connectivity index (χ2v) is 5.49. The van der Waals surface area contributed by atoms with E-state index in [2.05, 4.69) is 6.92 Å². The Kier molecular flexibility index (Phi) is 4.12. The molecular formula is C16H21NO3. The van der Waals surface area contributed by atoms with Crippen molar-refractivity contribution in [1.29, 1.82) is 0 Å². The van der Waals surface area contributed by atoms with E-state index in [9.17, 15) is 14.7 Å². The second kappa shape index (κ2) is 5.65. The van der Waals surface area contributed by atoms with Crippen LogP contribution >= 0.6 is 0 Å². The normalized spacial score (nSPS) is 24.8. The van der Waals surface area contributed by atoms with Crippen LogP contribution in [0, 0.1) is 0 Å². The number of carboxylic acid groups (broad SMARTS) is 1. The lowest BCUT2D eigenvalue weighted by molar-refractivity contribution is -0.157. The highest BCUT2D eigenvalue weighted by Crippen LogP contribution is 2.44. The zero-order valence-corrected chi connectivity index (χ0v) is 12.0. The predicted octanol–water partition coefficient (Wildman–Crippen LogP) is 2.73. The highest BCUT2D eigenvalue weighted by atomic mass is 16.4. The monoisotopic (exact) mass is 275 g/mol. The van der Waals surface area contributed by atoms with Crippen molar-refractivity contribution in [2.24, 2.45) is 0 Å². The summed E-state index contributed by atoms with van der Waals surface area (Å²) in [6.45, 7) is 4.51. The van der Waals surface area contributed by atoms with Crippen molar-refractivity contribution in [2.75, 3.05) is 6.54 Å². The Labute approximate surface area is 119 Å². The molecule has 4 heteroatoms. The second-order valence-electron chi connectivity index (χ2n) is 5.49. The van der Waals surface area contributed by atoms with Gasteiger partial charge in [-0.25, -0.2) is 4.79 Å². The van der Waals surface area contributed by atoms with Gasteiger partial charge in [0, 0.05) is 6.54 Å². The molecule has 0 heterocycles. The fourth-order valence-electron chi connectivity index (χ4n) is 3.24. The minimum atomic E-state index is -1.21. The smallest absolute Gasteiger partial charge is 0.334 e. The summed E-state index contributed by atoms with van der Waals surface area (Å²) in [5, 5.41) is 9.85. The molecular weight excluding hydrogens is 254 g/mol. The average Bonchev–Trinajstić information content (AvgIpc) is 2.46. The summed E-state index contributed by atoms with van der Waals surface area (Å²) >= 11 is 0. The lowest BCUT2D eigenvalue weighted by Gasteiger charge is -2.44. The molecule has 0 saturated carbocycles. The standard InChI is InChI=1S/C16H21NO3/c1-3-10-17(11-18)16(15(19)20)9-8-12(2)13-6-4-5-7-14(13)16/h4-7,11-12H,3,8-10H2,1-2H3,(H,19,20). The number of carboxylic acids is 1. The van der Waals surface area contributed by atoms with Gasteiger partial charge in [-0.2, -0.15) is 0 Å². The molecule has 1 aromatic rings. The highest BCUT2D eigenvalue weighted by Gasteiger charge is 2.49. The summed E-state index contributed by atoms with van der Waals surface area (Å²) in [5.41, 5.74) is 0.608. The van der Waals surface area contributed by atoms with Gasteiger partial charge in [0.05, 0.1) is 0 Å². The number of benzene rings is 1. The maximum absolute atomic E-state index is 12.0. The zero-order valence-electron chi connectivity index (χ0n) is 12.0. The van der Waals surface area contributed by atoms with E-state index < -0.39 is 11.5 Å². The number of rotatable bonds is 5. The first-order valence-electron chi connectivity index (χ1n) is 7.12. The van der Waals surface area contributed by atoms with Gasteiger partial charge < -0.3 is 10.0 Å². The molecule has 0 fully saturated rings. The van der Waals surface area contributed by atoms with Crippen molar-refractivity contribution in [2.45, 2.75) is 44.6 Å². The molecule has 2 rings (SSSR count). The van der Waals surface area contributed by atoms with E-state index in [4.69, 9.17) is 0 Å². The first-order valence-corrected chi connectivity index (χ1v) is 7.12. The van der Waals surface area contributed by atoms with Gasteiger partial charge in [0.2, 0.25) is 6.41 Å². The molecule has 1 N–H and O–H groups in total. The van der Waals surface area contributed by atoms with Crippen LogP contribution in [0.3, 0.4) is 0 Å². The number of nitrogens with zero attached hydrogens (tertiary/aromatic N) is 1. The quantitative estimate of drug-likeness (QED) is 0.841. The van der Waals surface area contributed by atoms with E-state index in [0.717, 1.165) is 24.0 Å². The highest BCUT2D eigenvalue weighted by molar-refractivity contribution is 5.84. The molecule has 1 aliphatic carbocycles. The Bertz CT molecular complexity index is 514. The van der Waals surface area contributed by atoms with E-state index in [1.807, 2.05) is 31.2 Å². The summed E-state index contributed by atoms with van der Waals surface area (Å²) in [6.07, 6.45) is 2.67. The van der Waals surface area contributed by atoms with E-state index in [1.165, 1.54) is 4.90 Å². The molecule has 4 nitrogen and oxygen atoms in total. The Balaban J connectivity index is 2.62. The van der Waals surface area contributed by atoms with Gasteiger partial charge in [-0.1, -0.05) is 38.1 Å². The SMILES string of the molecule is CCCN(C=O)C1(C(=O)O)CCC(C)c2ccccc21. The van der Waals surface area contributed by atoms with Crippen LogP contribution in [0.5, 0.6) is 0 Å². The maximum atomic E-state index is 12.0. The number of amides is 1. The fourth-order valence-corrected chi connectivity index (χ4v) is 3.24. The van der Waals surface area contributed by atoms with Crippen LogP contribution < -0.4 is 0 Å². The average molecular weight is 275 g/mol. The molecule has 20 heavy (non-hydrogen) atoms. The van der Waals surface area contributed by atoms with Crippen molar-refractivity contribution in [3.8, 4) is 0 Å². The molecule has 0 radical (unpaired) electrons. The minimum Gasteiger partial charge on any atom is -0.479 e. The van der Waals surface area contributed by atoms with Gasteiger partial charge in [-0.3, -0.25) is 4.79 Å². The van der Waals surface area contributed by atoms with Crippen molar-refractivity contribution in [3.05, 3.63) is 35.4 Å². The number of fused-ring (bicyclic) bond motifs is 1. The lowest BCUT2D eigenvalue weighted by atomic mass is 9.71. The summed E-state index contributed by atoms with van der Waals surface area (Å²) < 4.78 is 0. The third kappa shape index (κ3) is 2.09. The van der Waals surface area contributed by atoms with Crippen molar-refractivity contribution in [3.63, 3.8) is 0 Å². The van der Waals surface area contributed by atoms with Gasteiger partial charge in [0.25, 0.3) is 0 Å². The Hall–Kier alpha value is -1.84. The lowest BCUT2D eigenvalue weighted by Crippen LogP contribution is -2.53. The maximum Gasteiger partial charge on any atom is 0.334 e. The largest absolute Gasteiger partial charge is 0.479 e. The van der Waals surface area contributed by atoms with Gasteiger partial charge in [0.15, 0.2) is 5.54 Å². The molecule has 108 valence electrons. The summed E-state index contributed by atoms with van der Waals surface area (Å²) in [4.78, 5) is 24.9. The van der Waals surface area contributed by atoms with E-state index >= 15 is 0 Å². The van der Waals surface area contributed by atoms with Crippen molar-refractivity contribution < 1.29 is 14.7 Å². The molecule has 2 atom stereocenters. The Morgan fingerprint density at radius 2 is 2.20 bits per heavy atom. The van der Waals surface area contributed by atoms with Gasteiger partial charge in [-0.15, -0.1) is 0 Å². The molecule has 0 bridgehead atoms. The first kappa shape index (κ1) is 14.6. The fraction of sp³-hybridized carbons (Fsp3) is 0.500. The number of hydrogen-bond acceptors (Lipinski definition) is 2. The van der Waals surface area contributed by atoms with Crippen LogP contribution in [0.15, 0.2) is 24.3 Å². The van der Waals surface area contributed by atoms with Crippen molar-refractivity contribution in [1.82, 2.24) is 4.90 Å². The molecule has 0 aromatic heterocycles. The van der Waals surface area contributed by atoms with Gasteiger partial charge in [0.1, 0.15) is 0 Å². The van der Waals surface area contributed by atoms with E-state index in [0.29, 0.717) is 25.3 Å². The van der Waals surface area contributed by atoms with Crippen LogP contribution in [0.2, 0.25) is 0 Å². The predicted molar refractivity (Wildman–Crippen MR) is 76.5 cm³/mol. The van der Waals surface area contributed by atoms with Crippen LogP contribution in [-0.2, 0) is 15.1 Å². The molecule has 0 aliphatic heterocycles. The molecule has 1 amide bonds. The summed E-state index contributed by atoms with van der Waals surface area (Å²) in [6, 6.07) is 7.61. The summed E-state index contributed by atoms with van der Waals surface area (Å²) in [7, 11) is 0. The first-order chi connectivity index (χ1) is 9.57. The van der Waals surface area contributed by atoms with E-state index in [-0.39, 0.29) is 0 Å². The number of aliphatic carboxylic acids is 1. The van der Waals surface area contributed by atoms with E-state index in [1.54, 1.807) is 0 Å². The Morgan fingerprint density at radius 1 is 1.50 bits per heavy atom. The number of hydrogen-bond donors (Lipinski definition) is 1. The summed E-state index contributed by atoms with van der Waals surface area (Å²) in [5.74, 6) is -0.605. The number of carbonyl (C=O) groups excluding carboxylic acids is 1. The topological polar surface area (TPSA) is 57.6 Å². The molecule has 0 spiro atoms. The number of carbonyl (C=O) groups is 2.